The summed E-state index contributed by atoms with van der Waals surface area (Å²) in [5, 5.41) is 20.8. The van der Waals surface area contributed by atoms with Crippen molar-refractivity contribution in [2.24, 2.45) is 0 Å². The van der Waals surface area contributed by atoms with Crippen LogP contribution in [-0.2, 0) is 13.0 Å². The maximum atomic E-state index is 12.3. The van der Waals surface area contributed by atoms with Crippen LogP contribution in [0.3, 0.4) is 0 Å². The molecule has 0 bridgehead atoms. The maximum absolute atomic E-state index is 12.3. The summed E-state index contributed by atoms with van der Waals surface area (Å²) < 4.78 is 1.90. The lowest BCUT2D eigenvalue weighted by molar-refractivity contribution is 0.244. The van der Waals surface area contributed by atoms with E-state index in [0.29, 0.717) is 11.2 Å². The first-order valence-electron chi connectivity index (χ1n) is 8.04. The zero-order valence-electron chi connectivity index (χ0n) is 13.3. The monoisotopic (exact) mass is 326 g/mol. The molecule has 9 nitrogen and oxygen atoms in total. The van der Waals surface area contributed by atoms with E-state index in [0.717, 1.165) is 43.0 Å². The third-order valence-electron chi connectivity index (χ3n) is 4.11. The van der Waals surface area contributed by atoms with Gasteiger partial charge in [0.15, 0.2) is 5.82 Å². The largest absolute Gasteiger partial charge is 0.328 e. The number of nitrogens with one attached hydrogen (secondary N) is 3. The standard InChI is InChI=1S/C15H18N8O/c1-2-13-18-14-11(4-3-7-23(14)21-13)17-15(24)16-9-5-6-10-12(8-9)20-22-19-10/h5-6,8,11H,2-4,7H2,1H3,(H2,16,17,24)(H,19,20,22)/t11-/m0/s1. The topological polar surface area (TPSA) is 113 Å². The first-order valence-corrected chi connectivity index (χ1v) is 8.04. The van der Waals surface area contributed by atoms with Crippen LogP contribution in [0, 0.1) is 0 Å². The minimum absolute atomic E-state index is 0.123. The van der Waals surface area contributed by atoms with Crippen LogP contribution in [0.4, 0.5) is 10.5 Å². The second-order valence-corrected chi connectivity index (χ2v) is 5.78. The third kappa shape index (κ3) is 2.68. The molecule has 4 rings (SSSR count). The number of benzene rings is 1. The van der Waals surface area contributed by atoms with Crippen LogP contribution in [0.5, 0.6) is 0 Å². The minimum atomic E-state index is -0.266. The van der Waals surface area contributed by atoms with Crippen molar-refractivity contribution in [1.29, 1.82) is 0 Å². The van der Waals surface area contributed by atoms with E-state index in [4.69, 9.17) is 0 Å². The van der Waals surface area contributed by atoms with Gasteiger partial charge in [-0.1, -0.05) is 6.92 Å². The summed E-state index contributed by atoms with van der Waals surface area (Å²) in [6.45, 7) is 2.88. The molecule has 3 N–H and O–H groups in total. The Labute approximate surface area is 137 Å². The second kappa shape index (κ2) is 5.91. The summed E-state index contributed by atoms with van der Waals surface area (Å²) in [7, 11) is 0. The molecule has 0 spiro atoms. The van der Waals surface area contributed by atoms with Gasteiger partial charge in [-0.3, -0.25) is 0 Å². The summed E-state index contributed by atoms with van der Waals surface area (Å²) in [6.07, 6.45) is 2.61. The number of amides is 2. The molecule has 24 heavy (non-hydrogen) atoms. The Balaban J connectivity index is 1.47. The van der Waals surface area contributed by atoms with Crippen molar-refractivity contribution in [3.8, 4) is 0 Å². The highest BCUT2D eigenvalue weighted by Crippen LogP contribution is 2.23. The molecule has 1 aliphatic rings. The predicted molar refractivity (Wildman–Crippen MR) is 87.4 cm³/mol. The number of carbonyl (C=O) groups excluding carboxylic acids is 1. The number of hydrogen-bond acceptors (Lipinski definition) is 5. The molecule has 3 heterocycles. The van der Waals surface area contributed by atoms with Crippen molar-refractivity contribution in [2.75, 3.05) is 5.32 Å². The van der Waals surface area contributed by atoms with Crippen LogP contribution < -0.4 is 10.6 Å². The fourth-order valence-electron chi connectivity index (χ4n) is 2.93. The molecule has 0 aliphatic carbocycles. The molecule has 0 unspecified atom stereocenters. The number of carbonyl (C=O) groups is 1. The second-order valence-electron chi connectivity index (χ2n) is 5.78. The molecule has 0 fully saturated rings. The number of hydrogen-bond donors (Lipinski definition) is 3. The fourth-order valence-corrected chi connectivity index (χ4v) is 2.93. The molecule has 1 atom stereocenters. The van der Waals surface area contributed by atoms with Gasteiger partial charge in [-0.15, -0.1) is 0 Å². The zero-order valence-corrected chi connectivity index (χ0v) is 13.3. The molecule has 124 valence electrons. The van der Waals surface area contributed by atoms with Crippen LogP contribution in [-0.4, -0.2) is 36.2 Å². The molecule has 2 amide bonds. The SMILES string of the molecule is CCc1nc2n(n1)CCC[C@@H]2NC(=O)Nc1ccc2n[nH]nc2c1. The number of aromatic amines is 1. The van der Waals surface area contributed by atoms with Gasteiger partial charge in [0, 0.05) is 18.7 Å². The van der Waals surface area contributed by atoms with E-state index in [-0.39, 0.29) is 12.1 Å². The smallest absolute Gasteiger partial charge is 0.319 e. The quantitative estimate of drug-likeness (QED) is 0.679. The van der Waals surface area contributed by atoms with Crippen LogP contribution in [0.15, 0.2) is 18.2 Å². The summed E-state index contributed by atoms with van der Waals surface area (Å²) in [4.78, 5) is 16.8. The van der Waals surface area contributed by atoms with Crippen LogP contribution in [0.1, 0.15) is 37.5 Å². The van der Waals surface area contributed by atoms with Gasteiger partial charge in [0.05, 0.1) is 6.04 Å². The Bertz CT molecular complexity index is 883. The minimum Gasteiger partial charge on any atom is -0.328 e. The lowest BCUT2D eigenvalue weighted by Gasteiger charge is -2.23. The molecule has 0 radical (unpaired) electrons. The van der Waals surface area contributed by atoms with Gasteiger partial charge >= 0.3 is 6.03 Å². The Hall–Kier alpha value is -2.97. The molecule has 0 saturated carbocycles. The van der Waals surface area contributed by atoms with Gasteiger partial charge in [0.25, 0.3) is 0 Å². The molecule has 3 aromatic rings. The van der Waals surface area contributed by atoms with Crippen molar-refractivity contribution in [3.05, 3.63) is 29.8 Å². The Morgan fingerprint density at radius 3 is 3.12 bits per heavy atom. The number of aromatic nitrogens is 6. The van der Waals surface area contributed by atoms with Crippen LogP contribution in [0.2, 0.25) is 0 Å². The number of H-pyrrole nitrogens is 1. The Kier molecular flexibility index (Phi) is 3.60. The van der Waals surface area contributed by atoms with Crippen LogP contribution >= 0.6 is 0 Å². The van der Waals surface area contributed by atoms with Gasteiger partial charge in [-0.25, -0.2) is 14.5 Å². The zero-order chi connectivity index (χ0) is 16.5. The number of fused-ring (bicyclic) bond motifs is 2. The van der Waals surface area contributed by atoms with E-state index < -0.39 is 0 Å². The third-order valence-corrected chi connectivity index (χ3v) is 4.11. The van der Waals surface area contributed by atoms with Gasteiger partial charge in [-0.05, 0) is 31.0 Å². The summed E-state index contributed by atoms with van der Waals surface area (Å²) in [6, 6.07) is 4.98. The number of nitrogens with zero attached hydrogens (tertiary/aromatic N) is 5. The van der Waals surface area contributed by atoms with E-state index in [1.807, 2.05) is 11.6 Å². The molecule has 1 aromatic carbocycles. The number of aryl methyl sites for hydroxylation is 2. The van der Waals surface area contributed by atoms with Crippen LogP contribution in [0.25, 0.3) is 11.0 Å². The van der Waals surface area contributed by atoms with Crippen molar-refractivity contribution in [1.82, 2.24) is 35.5 Å². The first kappa shape index (κ1) is 14.6. The van der Waals surface area contributed by atoms with Gasteiger partial charge in [-0.2, -0.15) is 20.5 Å². The molecule has 9 heteroatoms. The van der Waals surface area contributed by atoms with E-state index in [9.17, 15) is 4.79 Å². The van der Waals surface area contributed by atoms with Gasteiger partial charge in [0.1, 0.15) is 16.9 Å². The normalized spacial score (nSPS) is 16.8. The number of rotatable bonds is 3. The predicted octanol–water partition coefficient (Wildman–Crippen LogP) is 1.77. The van der Waals surface area contributed by atoms with Gasteiger partial charge < -0.3 is 10.6 Å². The highest BCUT2D eigenvalue weighted by Gasteiger charge is 2.25. The van der Waals surface area contributed by atoms with Crippen molar-refractivity contribution in [3.63, 3.8) is 0 Å². The molecule has 2 aromatic heterocycles. The molecule has 0 saturated heterocycles. The van der Waals surface area contributed by atoms with Crippen molar-refractivity contribution in [2.45, 2.75) is 38.8 Å². The van der Waals surface area contributed by atoms with E-state index in [1.165, 1.54) is 0 Å². The molecular formula is C15H18N8O. The average Bonchev–Trinajstić information content (AvgIpc) is 3.20. The number of urea groups is 1. The number of anilines is 1. The fraction of sp³-hybridized carbons (Fsp3) is 0.400. The average molecular weight is 326 g/mol. The van der Waals surface area contributed by atoms with E-state index in [2.05, 4.69) is 36.1 Å². The van der Waals surface area contributed by atoms with Gasteiger partial charge in [0.2, 0.25) is 0 Å². The van der Waals surface area contributed by atoms with Crippen molar-refractivity contribution < 1.29 is 4.79 Å². The molecular weight excluding hydrogens is 308 g/mol. The first-order chi connectivity index (χ1) is 11.7. The summed E-state index contributed by atoms with van der Waals surface area (Å²) in [5.74, 6) is 1.65. The summed E-state index contributed by atoms with van der Waals surface area (Å²) >= 11 is 0. The Morgan fingerprint density at radius 1 is 1.38 bits per heavy atom. The highest BCUT2D eigenvalue weighted by molar-refractivity contribution is 5.91. The maximum Gasteiger partial charge on any atom is 0.319 e. The van der Waals surface area contributed by atoms with Crippen molar-refractivity contribution >= 4 is 22.8 Å². The molecule has 1 aliphatic heterocycles. The lowest BCUT2D eigenvalue weighted by Crippen LogP contribution is -2.36. The summed E-state index contributed by atoms with van der Waals surface area (Å²) in [5.41, 5.74) is 2.13. The Morgan fingerprint density at radius 2 is 2.25 bits per heavy atom. The van der Waals surface area contributed by atoms with E-state index in [1.54, 1.807) is 18.2 Å². The highest BCUT2D eigenvalue weighted by atomic mass is 16.2. The van der Waals surface area contributed by atoms with E-state index >= 15 is 0 Å². The lowest BCUT2D eigenvalue weighted by atomic mass is 10.1.